The number of hydrogen-bond donors (Lipinski definition) is 2. The first kappa shape index (κ1) is 11.3. The number of rotatable bonds is 2. The highest BCUT2D eigenvalue weighted by atomic mass is 16.4. The van der Waals surface area contributed by atoms with Crippen molar-refractivity contribution in [2.75, 3.05) is 13.1 Å². The van der Waals surface area contributed by atoms with Crippen molar-refractivity contribution >= 4 is 11.7 Å². The molecule has 16 heavy (non-hydrogen) atoms. The van der Waals surface area contributed by atoms with Gasteiger partial charge in [-0.3, -0.25) is 4.90 Å². The van der Waals surface area contributed by atoms with Gasteiger partial charge in [-0.2, -0.15) is 0 Å². The van der Waals surface area contributed by atoms with Crippen LogP contribution in [-0.4, -0.2) is 40.8 Å². The number of carboxylic acids is 1. The van der Waals surface area contributed by atoms with Crippen LogP contribution in [0.2, 0.25) is 0 Å². The molecule has 1 fully saturated rings. The Balaban J connectivity index is 2.03. The number of carbonyl (C=O) groups is 1. The van der Waals surface area contributed by atoms with Gasteiger partial charge in [-0.15, -0.1) is 0 Å². The summed E-state index contributed by atoms with van der Waals surface area (Å²) in [4.78, 5) is 13.1. The van der Waals surface area contributed by atoms with Crippen LogP contribution in [0.25, 0.3) is 0 Å². The molecule has 2 aliphatic rings. The Labute approximate surface area is 95.5 Å². The van der Waals surface area contributed by atoms with Gasteiger partial charge in [0, 0.05) is 11.3 Å². The maximum atomic E-state index is 10.8. The number of aliphatic carboxylic acids is 1. The van der Waals surface area contributed by atoms with E-state index in [-0.39, 0.29) is 6.04 Å². The first-order valence-electron chi connectivity index (χ1n) is 5.95. The Morgan fingerprint density at radius 3 is 2.62 bits per heavy atom. The highest BCUT2D eigenvalue weighted by Crippen LogP contribution is 2.23. The normalized spacial score (nSPS) is 27.6. The summed E-state index contributed by atoms with van der Waals surface area (Å²) in [5.74, 6) is -0.873. The SMILES string of the molecule is N=C1C=C(C(=O)O)CCC1N1CCCCC1. The maximum absolute atomic E-state index is 10.8. The molecule has 4 nitrogen and oxygen atoms in total. The summed E-state index contributed by atoms with van der Waals surface area (Å²) in [6, 6.07) is 0.156. The van der Waals surface area contributed by atoms with Crippen LogP contribution in [0.3, 0.4) is 0 Å². The van der Waals surface area contributed by atoms with Crippen molar-refractivity contribution < 1.29 is 9.90 Å². The Morgan fingerprint density at radius 1 is 1.38 bits per heavy atom. The molecular formula is C12H18N2O2. The Morgan fingerprint density at radius 2 is 2.06 bits per heavy atom. The van der Waals surface area contributed by atoms with Gasteiger partial charge in [0.2, 0.25) is 0 Å². The second-order valence-electron chi connectivity index (χ2n) is 4.58. The molecule has 0 spiro atoms. The van der Waals surface area contributed by atoms with Crippen LogP contribution in [-0.2, 0) is 4.79 Å². The number of likely N-dealkylation sites (tertiary alicyclic amines) is 1. The predicted molar refractivity (Wildman–Crippen MR) is 61.9 cm³/mol. The molecule has 1 saturated heterocycles. The molecule has 1 atom stereocenters. The molecule has 1 aliphatic heterocycles. The molecule has 0 amide bonds. The van der Waals surface area contributed by atoms with Gasteiger partial charge >= 0.3 is 5.97 Å². The Hall–Kier alpha value is -1.16. The zero-order valence-electron chi connectivity index (χ0n) is 9.41. The minimum Gasteiger partial charge on any atom is -0.478 e. The monoisotopic (exact) mass is 222 g/mol. The smallest absolute Gasteiger partial charge is 0.331 e. The van der Waals surface area contributed by atoms with Gasteiger partial charge in [-0.25, -0.2) is 4.79 Å². The van der Waals surface area contributed by atoms with E-state index >= 15 is 0 Å². The van der Waals surface area contributed by atoms with Gasteiger partial charge in [0.25, 0.3) is 0 Å². The minimum atomic E-state index is -0.873. The number of hydrogen-bond acceptors (Lipinski definition) is 3. The maximum Gasteiger partial charge on any atom is 0.331 e. The molecule has 1 aliphatic carbocycles. The highest BCUT2D eigenvalue weighted by Gasteiger charge is 2.28. The molecule has 1 unspecified atom stereocenters. The lowest BCUT2D eigenvalue weighted by Crippen LogP contribution is -2.44. The largest absolute Gasteiger partial charge is 0.478 e. The summed E-state index contributed by atoms with van der Waals surface area (Å²) in [7, 11) is 0. The van der Waals surface area contributed by atoms with Crippen molar-refractivity contribution in [2.45, 2.75) is 38.1 Å². The molecule has 2 rings (SSSR count). The lowest BCUT2D eigenvalue weighted by atomic mass is 9.91. The van der Waals surface area contributed by atoms with E-state index in [1.807, 2.05) is 0 Å². The zero-order chi connectivity index (χ0) is 11.5. The third-order valence-electron chi connectivity index (χ3n) is 3.48. The molecule has 0 aromatic carbocycles. The average Bonchev–Trinajstić information content (AvgIpc) is 2.30. The molecule has 0 bridgehead atoms. The third kappa shape index (κ3) is 2.32. The van der Waals surface area contributed by atoms with Gasteiger partial charge in [0.1, 0.15) is 0 Å². The summed E-state index contributed by atoms with van der Waals surface area (Å²) in [6.45, 7) is 2.12. The summed E-state index contributed by atoms with van der Waals surface area (Å²) in [5.41, 5.74) is 0.865. The summed E-state index contributed by atoms with van der Waals surface area (Å²) in [5, 5.41) is 16.8. The lowest BCUT2D eigenvalue weighted by molar-refractivity contribution is -0.132. The van der Waals surface area contributed by atoms with E-state index in [9.17, 15) is 4.79 Å². The van der Waals surface area contributed by atoms with Crippen LogP contribution in [0.1, 0.15) is 32.1 Å². The first-order chi connectivity index (χ1) is 7.68. The van der Waals surface area contributed by atoms with Crippen LogP contribution in [0.15, 0.2) is 11.6 Å². The molecule has 88 valence electrons. The first-order valence-corrected chi connectivity index (χ1v) is 5.95. The zero-order valence-corrected chi connectivity index (χ0v) is 9.41. The van der Waals surface area contributed by atoms with Crippen molar-refractivity contribution in [1.29, 1.82) is 5.41 Å². The van der Waals surface area contributed by atoms with Crippen LogP contribution < -0.4 is 0 Å². The lowest BCUT2D eigenvalue weighted by Gasteiger charge is -2.36. The van der Waals surface area contributed by atoms with E-state index in [2.05, 4.69) is 4.90 Å². The summed E-state index contributed by atoms with van der Waals surface area (Å²) in [6.07, 6.45) is 6.63. The highest BCUT2D eigenvalue weighted by molar-refractivity contribution is 6.04. The van der Waals surface area contributed by atoms with Gasteiger partial charge in [-0.05, 0) is 44.8 Å². The van der Waals surface area contributed by atoms with Crippen molar-refractivity contribution in [3.8, 4) is 0 Å². The average molecular weight is 222 g/mol. The molecule has 0 aromatic heterocycles. The second-order valence-corrected chi connectivity index (χ2v) is 4.58. The van der Waals surface area contributed by atoms with Gasteiger partial charge < -0.3 is 10.5 Å². The fraction of sp³-hybridized carbons (Fsp3) is 0.667. The fourth-order valence-corrected chi connectivity index (χ4v) is 2.58. The molecule has 0 radical (unpaired) electrons. The standard InChI is InChI=1S/C12H18N2O2/c13-10-8-9(12(15)16)4-5-11(10)14-6-2-1-3-7-14/h8,11,13H,1-7H2,(H,15,16). The number of nitrogens with zero attached hydrogens (tertiary/aromatic N) is 1. The molecular weight excluding hydrogens is 204 g/mol. The van der Waals surface area contributed by atoms with Crippen LogP contribution in [0.4, 0.5) is 0 Å². The van der Waals surface area contributed by atoms with Gasteiger partial charge in [-0.1, -0.05) is 6.42 Å². The van der Waals surface area contributed by atoms with Crippen LogP contribution in [0.5, 0.6) is 0 Å². The Kier molecular flexibility index (Phi) is 3.39. The van der Waals surface area contributed by atoms with E-state index in [0.29, 0.717) is 17.7 Å². The van der Waals surface area contributed by atoms with Crippen LogP contribution in [0, 0.1) is 5.41 Å². The topological polar surface area (TPSA) is 64.4 Å². The van der Waals surface area contributed by atoms with Crippen molar-refractivity contribution in [3.05, 3.63) is 11.6 Å². The molecule has 1 heterocycles. The van der Waals surface area contributed by atoms with Gasteiger partial charge in [0.05, 0.1) is 6.04 Å². The van der Waals surface area contributed by atoms with E-state index < -0.39 is 5.97 Å². The summed E-state index contributed by atoms with van der Waals surface area (Å²) < 4.78 is 0. The fourth-order valence-electron chi connectivity index (χ4n) is 2.58. The number of piperidine rings is 1. The predicted octanol–water partition coefficient (Wildman–Crippen LogP) is 1.67. The van der Waals surface area contributed by atoms with Crippen molar-refractivity contribution in [2.24, 2.45) is 0 Å². The van der Waals surface area contributed by atoms with E-state index in [4.69, 9.17) is 10.5 Å². The third-order valence-corrected chi connectivity index (χ3v) is 3.48. The van der Waals surface area contributed by atoms with Crippen molar-refractivity contribution in [1.82, 2.24) is 4.90 Å². The van der Waals surface area contributed by atoms with E-state index in [1.54, 1.807) is 6.08 Å². The number of carboxylic acid groups (broad SMARTS) is 1. The van der Waals surface area contributed by atoms with Crippen molar-refractivity contribution in [3.63, 3.8) is 0 Å². The molecule has 0 aromatic rings. The molecule has 4 heteroatoms. The summed E-state index contributed by atoms with van der Waals surface area (Å²) >= 11 is 0. The quantitative estimate of drug-likeness (QED) is 0.747. The minimum absolute atomic E-state index is 0.156. The van der Waals surface area contributed by atoms with Crippen LogP contribution >= 0.6 is 0 Å². The van der Waals surface area contributed by atoms with Gasteiger partial charge in [0.15, 0.2) is 0 Å². The molecule has 0 saturated carbocycles. The number of nitrogens with one attached hydrogen (secondary N) is 1. The Bertz CT molecular complexity index is 330. The van der Waals surface area contributed by atoms with E-state index in [1.165, 1.54) is 19.3 Å². The second kappa shape index (κ2) is 4.78. The van der Waals surface area contributed by atoms with E-state index in [0.717, 1.165) is 19.5 Å². The molecule has 2 N–H and O–H groups in total.